The second-order valence-electron chi connectivity index (χ2n) is 5.79. The van der Waals surface area contributed by atoms with Crippen molar-refractivity contribution < 1.29 is 19.0 Å². The number of carbonyl (C=O) groups excluding carboxylic acids is 1. The van der Waals surface area contributed by atoms with Gasteiger partial charge in [0.1, 0.15) is 20.1 Å². The van der Waals surface area contributed by atoms with Crippen LogP contribution >= 0.6 is 0 Å². The molecule has 0 bridgehead atoms. The Morgan fingerprint density at radius 2 is 1.91 bits per heavy atom. The maximum Gasteiger partial charge on any atom is 0.377 e. The highest BCUT2D eigenvalue weighted by molar-refractivity contribution is 6.83. The van der Waals surface area contributed by atoms with Gasteiger partial charge in [-0.2, -0.15) is 0 Å². The molecule has 0 fully saturated rings. The van der Waals surface area contributed by atoms with Gasteiger partial charge in [-0.15, -0.1) is 5.54 Å². The molecule has 0 atom stereocenters. The van der Waals surface area contributed by atoms with E-state index in [2.05, 4.69) is 35.8 Å². The zero-order valence-electron chi connectivity index (χ0n) is 13.9. The van der Waals surface area contributed by atoms with Crippen LogP contribution in [0.25, 0.3) is 0 Å². The molecule has 1 rings (SSSR count). The van der Waals surface area contributed by atoms with E-state index < -0.39 is 14.0 Å². The molecule has 0 saturated carbocycles. The number of methoxy groups -OCH3 is 2. The summed E-state index contributed by atoms with van der Waals surface area (Å²) < 4.78 is 15.1. The van der Waals surface area contributed by atoms with Crippen LogP contribution in [0.5, 0.6) is 5.75 Å². The Labute approximate surface area is 133 Å². The first-order valence-corrected chi connectivity index (χ1v) is 10.4. The average molecular weight is 318 g/mol. The predicted octanol–water partition coefficient (Wildman–Crippen LogP) is 3.26. The van der Waals surface area contributed by atoms with Gasteiger partial charge in [-0.25, -0.2) is 4.79 Å². The summed E-state index contributed by atoms with van der Waals surface area (Å²) in [6.07, 6.45) is 1.21. The minimum absolute atomic E-state index is 0.0107. The highest BCUT2D eigenvalue weighted by atomic mass is 28.3. The van der Waals surface area contributed by atoms with Crippen molar-refractivity contribution in [3.05, 3.63) is 41.3 Å². The monoisotopic (exact) mass is 318 g/mol. The van der Waals surface area contributed by atoms with Crippen LogP contribution in [0.2, 0.25) is 19.6 Å². The Morgan fingerprint density at radius 3 is 2.45 bits per heavy atom. The summed E-state index contributed by atoms with van der Waals surface area (Å²) in [5.74, 6) is 3.11. The topological polar surface area (TPSA) is 44.8 Å². The van der Waals surface area contributed by atoms with Gasteiger partial charge >= 0.3 is 5.97 Å². The first kappa shape index (κ1) is 17.9. The Bertz CT molecular complexity index is 630. The Balaban J connectivity index is 3.11. The summed E-state index contributed by atoms with van der Waals surface area (Å²) in [6, 6.07) is 5.66. The van der Waals surface area contributed by atoms with Crippen molar-refractivity contribution in [3.63, 3.8) is 0 Å². The number of rotatable bonds is 4. The van der Waals surface area contributed by atoms with Crippen molar-refractivity contribution in [1.82, 2.24) is 0 Å². The summed E-state index contributed by atoms with van der Waals surface area (Å²) >= 11 is 0. The lowest BCUT2D eigenvalue weighted by molar-refractivity contribution is -0.138. The van der Waals surface area contributed by atoms with E-state index in [0.717, 1.165) is 11.1 Å². The van der Waals surface area contributed by atoms with E-state index >= 15 is 0 Å². The van der Waals surface area contributed by atoms with E-state index in [1.165, 1.54) is 20.5 Å². The maximum atomic E-state index is 11.6. The molecule has 0 heterocycles. The van der Waals surface area contributed by atoms with Crippen molar-refractivity contribution in [3.8, 4) is 17.2 Å². The van der Waals surface area contributed by atoms with E-state index in [1.807, 2.05) is 25.1 Å². The highest BCUT2D eigenvalue weighted by Crippen LogP contribution is 2.22. The molecular formula is C17H22O4Si. The van der Waals surface area contributed by atoms with Crippen molar-refractivity contribution in [1.29, 1.82) is 0 Å². The molecule has 0 amide bonds. The third kappa shape index (κ3) is 5.66. The molecule has 0 aliphatic rings. The van der Waals surface area contributed by atoms with Crippen molar-refractivity contribution in [2.24, 2.45) is 0 Å². The third-order valence-electron chi connectivity index (χ3n) is 2.60. The zero-order chi connectivity index (χ0) is 16.8. The van der Waals surface area contributed by atoms with Crippen LogP contribution in [-0.4, -0.2) is 28.3 Å². The lowest BCUT2D eigenvalue weighted by Crippen LogP contribution is -2.16. The van der Waals surface area contributed by atoms with Crippen LogP contribution in [0, 0.1) is 18.4 Å². The van der Waals surface area contributed by atoms with Gasteiger partial charge in [-0.3, -0.25) is 0 Å². The molecule has 4 nitrogen and oxygen atoms in total. The smallest absolute Gasteiger partial charge is 0.377 e. The van der Waals surface area contributed by atoms with Crippen molar-refractivity contribution in [2.75, 3.05) is 14.2 Å². The molecule has 0 unspecified atom stereocenters. The normalized spacial score (nSPS) is 11.3. The Morgan fingerprint density at radius 1 is 1.23 bits per heavy atom. The van der Waals surface area contributed by atoms with Crippen LogP contribution in [0.15, 0.2) is 30.2 Å². The molecule has 0 aliphatic carbocycles. The van der Waals surface area contributed by atoms with Gasteiger partial charge in [0.25, 0.3) is 0 Å². The number of aryl methyl sites for hydroxylation is 1. The Kier molecular flexibility index (Phi) is 6.26. The van der Waals surface area contributed by atoms with E-state index in [4.69, 9.17) is 9.47 Å². The van der Waals surface area contributed by atoms with Crippen molar-refractivity contribution in [2.45, 2.75) is 26.6 Å². The van der Waals surface area contributed by atoms with Crippen LogP contribution in [0.3, 0.4) is 0 Å². The number of esters is 1. The standard InChI is InChI=1S/C17H22O4Si/c1-13-7-8-14(9-10-22(4,5)6)11-15(13)21-16(12-19-2)17(18)20-3/h7-8,11-12H,1-6H3/b16-12-. The molecule has 22 heavy (non-hydrogen) atoms. The molecular weight excluding hydrogens is 296 g/mol. The minimum Gasteiger partial charge on any atom is -0.500 e. The number of carbonyl (C=O) groups is 1. The summed E-state index contributed by atoms with van der Waals surface area (Å²) in [4.78, 5) is 11.6. The predicted molar refractivity (Wildman–Crippen MR) is 89.1 cm³/mol. The SMILES string of the molecule is CO/C=C(\Oc1cc(C#C[Si](C)(C)C)ccc1C)C(=O)OC. The quantitative estimate of drug-likeness (QED) is 0.281. The summed E-state index contributed by atoms with van der Waals surface area (Å²) in [5.41, 5.74) is 5.04. The molecule has 0 aliphatic heterocycles. The molecule has 0 aromatic heterocycles. The molecule has 1 aromatic carbocycles. The lowest BCUT2D eigenvalue weighted by Gasteiger charge is -2.11. The fourth-order valence-electron chi connectivity index (χ4n) is 1.49. The van der Waals surface area contributed by atoms with Crippen LogP contribution in [0.1, 0.15) is 11.1 Å². The van der Waals surface area contributed by atoms with Gasteiger partial charge in [0.2, 0.25) is 5.76 Å². The van der Waals surface area contributed by atoms with Crippen molar-refractivity contribution >= 4 is 14.0 Å². The molecule has 0 N–H and O–H groups in total. The fourth-order valence-corrected chi connectivity index (χ4v) is 2.01. The summed E-state index contributed by atoms with van der Waals surface area (Å²) in [5, 5.41) is 0. The number of benzene rings is 1. The lowest BCUT2D eigenvalue weighted by atomic mass is 10.1. The van der Waals surface area contributed by atoms with E-state index in [1.54, 1.807) is 0 Å². The summed E-state index contributed by atoms with van der Waals surface area (Å²) in [6.45, 7) is 8.44. The van der Waals surface area contributed by atoms with Gasteiger partial charge < -0.3 is 14.2 Å². The second-order valence-corrected chi connectivity index (χ2v) is 10.5. The van der Waals surface area contributed by atoms with E-state index in [-0.39, 0.29) is 5.76 Å². The molecule has 0 spiro atoms. The van der Waals surface area contributed by atoms with Gasteiger partial charge in [0.15, 0.2) is 0 Å². The van der Waals surface area contributed by atoms with Crippen LogP contribution < -0.4 is 4.74 Å². The van der Waals surface area contributed by atoms with Gasteiger partial charge in [-0.05, 0) is 24.6 Å². The van der Waals surface area contributed by atoms with Gasteiger partial charge in [0, 0.05) is 5.56 Å². The first-order valence-electron chi connectivity index (χ1n) is 6.90. The minimum atomic E-state index is -1.45. The fraction of sp³-hybridized carbons (Fsp3) is 0.353. The average Bonchev–Trinajstić information content (AvgIpc) is 2.45. The van der Waals surface area contributed by atoms with Crippen LogP contribution in [-0.2, 0) is 14.3 Å². The van der Waals surface area contributed by atoms with Gasteiger partial charge in [0.05, 0.1) is 14.2 Å². The highest BCUT2D eigenvalue weighted by Gasteiger charge is 2.15. The second kappa shape index (κ2) is 7.71. The van der Waals surface area contributed by atoms with Crippen LogP contribution in [0.4, 0.5) is 0 Å². The third-order valence-corrected chi connectivity index (χ3v) is 3.48. The number of ether oxygens (including phenoxy) is 3. The maximum absolute atomic E-state index is 11.6. The molecule has 0 radical (unpaired) electrons. The largest absolute Gasteiger partial charge is 0.500 e. The number of hydrogen-bond donors (Lipinski definition) is 0. The Hall–Kier alpha value is -2.19. The number of hydrogen-bond acceptors (Lipinski definition) is 4. The molecule has 118 valence electrons. The summed E-state index contributed by atoms with van der Waals surface area (Å²) in [7, 11) is 1.28. The first-order chi connectivity index (χ1) is 10.3. The zero-order valence-corrected chi connectivity index (χ0v) is 14.9. The van der Waals surface area contributed by atoms with Gasteiger partial charge in [-0.1, -0.05) is 31.6 Å². The van der Waals surface area contributed by atoms with E-state index in [0.29, 0.717) is 5.75 Å². The molecule has 1 aromatic rings. The van der Waals surface area contributed by atoms with E-state index in [9.17, 15) is 4.79 Å². The molecule has 0 saturated heterocycles. The molecule has 5 heteroatoms.